The Labute approximate surface area is 138 Å². The van der Waals surface area contributed by atoms with E-state index in [0.29, 0.717) is 6.04 Å². The third-order valence-corrected chi connectivity index (χ3v) is 4.52. The first-order valence-corrected chi connectivity index (χ1v) is 8.43. The lowest BCUT2D eigenvalue weighted by Crippen LogP contribution is -2.45. The van der Waals surface area contributed by atoms with Crippen molar-refractivity contribution in [1.82, 2.24) is 10.2 Å². The van der Waals surface area contributed by atoms with Crippen LogP contribution in [-0.4, -0.2) is 36.5 Å². The predicted molar refractivity (Wildman–Crippen MR) is 93.5 cm³/mol. The maximum atomic E-state index is 12.2. The minimum absolute atomic E-state index is 0.0494. The van der Waals surface area contributed by atoms with Gasteiger partial charge in [-0.15, -0.1) is 0 Å². The number of piperidine rings is 1. The van der Waals surface area contributed by atoms with Gasteiger partial charge in [0.15, 0.2) is 0 Å². The smallest absolute Gasteiger partial charge is 0.251 e. The highest BCUT2D eigenvalue weighted by Gasteiger charge is 2.20. The fourth-order valence-electron chi connectivity index (χ4n) is 3.09. The van der Waals surface area contributed by atoms with E-state index >= 15 is 0 Å². The van der Waals surface area contributed by atoms with Crippen molar-refractivity contribution in [2.24, 2.45) is 0 Å². The molecule has 23 heavy (non-hydrogen) atoms. The first-order chi connectivity index (χ1) is 11.3. The average molecular weight is 308 g/mol. The van der Waals surface area contributed by atoms with Crippen molar-refractivity contribution in [3.05, 3.63) is 71.8 Å². The van der Waals surface area contributed by atoms with E-state index in [1.54, 1.807) is 0 Å². The van der Waals surface area contributed by atoms with E-state index < -0.39 is 0 Å². The summed E-state index contributed by atoms with van der Waals surface area (Å²) in [6.45, 7) is 3.22. The van der Waals surface area contributed by atoms with Crippen LogP contribution in [0.1, 0.15) is 28.8 Å². The summed E-state index contributed by atoms with van der Waals surface area (Å²) in [6.07, 6.45) is 3.17. The molecular formula is C20H24N2O. The topological polar surface area (TPSA) is 32.3 Å². The highest BCUT2D eigenvalue weighted by atomic mass is 16.1. The van der Waals surface area contributed by atoms with Crippen LogP contribution in [0.4, 0.5) is 0 Å². The number of likely N-dealkylation sites (tertiary alicyclic amines) is 1. The number of nitrogens with one attached hydrogen (secondary N) is 1. The second-order valence-electron chi connectivity index (χ2n) is 6.19. The van der Waals surface area contributed by atoms with Gasteiger partial charge < -0.3 is 10.2 Å². The van der Waals surface area contributed by atoms with Gasteiger partial charge in [0.2, 0.25) is 0 Å². The molecule has 1 amide bonds. The molecule has 0 saturated carbocycles. The van der Waals surface area contributed by atoms with Gasteiger partial charge in [-0.2, -0.15) is 0 Å². The lowest BCUT2D eigenvalue weighted by molar-refractivity contribution is 0.0911. The Hall–Kier alpha value is -2.13. The van der Waals surface area contributed by atoms with Gasteiger partial charge in [0.1, 0.15) is 0 Å². The molecule has 120 valence electrons. The van der Waals surface area contributed by atoms with Gasteiger partial charge in [-0.3, -0.25) is 4.79 Å². The fourth-order valence-corrected chi connectivity index (χ4v) is 3.09. The molecule has 0 unspecified atom stereocenters. The van der Waals surface area contributed by atoms with Crippen molar-refractivity contribution < 1.29 is 4.79 Å². The van der Waals surface area contributed by atoms with Crippen molar-refractivity contribution in [2.45, 2.75) is 25.3 Å². The van der Waals surface area contributed by atoms with Crippen LogP contribution in [0.15, 0.2) is 60.7 Å². The van der Waals surface area contributed by atoms with Crippen LogP contribution in [0.3, 0.4) is 0 Å². The number of carbonyl (C=O) groups is 1. The minimum Gasteiger partial charge on any atom is -0.349 e. The number of carbonyl (C=O) groups excluding carboxylic acids is 1. The van der Waals surface area contributed by atoms with E-state index in [2.05, 4.69) is 40.5 Å². The summed E-state index contributed by atoms with van der Waals surface area (Å²) >= 11 is 0. The molecule has 1 fully saturated rings. The SMILES string of the molecule is O=C(NC1CCN(CCc2ccccc2)CC1)c1ccccc1. The molecule has 0 atom stereocenters. The molecule has 1 saturated heterocycles. The maximum absolute atomic E-state index is 12.2. The molecule has 0 aliphatic carbocycles. The largest absolute Gasteiger partial charge is 0.349 e. The van der Waals surface area contributed by atoms with Crippen molar-refractivity contribution in [1.29, 1.82) is 0 Å². The summed E-state index contributed by atoms with van der Waals surface area (Å²) < 4.78 is 0. The van der Waals surface area contributed by atoms with Crippen molar-refractivity contribution in [2.75, 3.05) is 19.6 Å². The molecule has 2 aromatic rings. The van der Waals surface area contributed by atoms with Gasteiger partial charge in [0.05, 0.1) is 0 Å². The number of nitrogens with zero attached hydrogens (tertiary/aromatic N) is 1. The maximum Gasteiger partial charge on any atom is 0.251 e. The Kier molecular flexibility index (Phi) is 5.43. The van der Waals surface area contributed by atoms with Crippen LogP contribution in [0.5, 0.6) is 0 Å². The van der Waals surface area contributed by atoms with Crippen molar-refractivity contribution in [3.63, 3.8) is 0 Å². The molecule has 2 aromatic carbocycles. The Morgan fingerprint density at radius 1 is 0.957 bits per heavy atom. The predicted octanol–water partition coefficient (Wildman–Crippen LogP) is 3.12. The quantitative estimate of drug-likeness (QED) is 0.920. The van der Waals surface area contributed by atoms with E-state index in [0.717, 1.165) is 44.5 Å². The fraction of sp³-hybridized carbons (Fsp3) is 0.350. The minimum atomic E-state index is 0.0494. The lowest BCUT2D eigenvalue weighted by Gasteiger charge is -2.32. The summed E-state index contributed by atoms with van der Waals surface area (Å²) in [5.74, 6) is 0.0494. The lowest BCUT2D eigenvalue weighted by atomic mass is 10.0. The zero-order chi connectivity index (χ0) is 15.9. The Morgan fingerprint density at radius 3 is 2.22 bits per heavy atom. The molecule has 3 rings (SSSR count). The van der Waals surface area contributed by atoms with E-state index in [9.17, 15) is 4.79 Å². The van der Waals surface area contributed by atoms with Crippen LogP contribution in [0.2, 0.25) is 0 Å². The normalized spacial score (nSPS) is 16.2. The zero-order valence-corrected chi connectivity index (χ0v) is 13.4. The van der Waals surface area contributed by atoms with E-state index in [-0.39, 0.29) is 5.91 Å². The molecule has 1 heterocycles. The molecule has 0 aromatic heterocycles. The molecule has 1 N–H and O–H groups in total. The third-order valence-electron chi connectivity index (χ3n) is 4.52. The van der Waals surface area contributed by atoms with Gasteiger partial charge in [0.25, 0.3) is 5.91 Å². The molecule has 0 spiro atoms. The number of rotatable bonds is 5. The van der Waals surface area contributed by atoms with Gasteiger partial charge in [0, 0.05) is 31.2 Å². The average Bonchev–Trinajstić information content (AvgIpc) is 2.63. The number of amides is 1. The van der Waals surface area contributed by atoms with Gasteiger partial charge in [-0.05, 0) is 37.0 Å². The molecule has 3 nitrogen and oxygen atoms in total. The monoisotopic (exact) mass is 308 g/mol. The van der Waals surface area contributed by atoms with E-state index in [4.69, 9.17) is 0 Å². The summed E-state index contributed by atoms with van der Waals surface area (Å²) in [5.41, 5.74) is 2.14. The summed E-state index contributed by atoms with van der Waals surface area (Å²) in [5, 5.41) is 3.16. The summed E-state index contributed by atoms with van der Waals surface area (Å²) in [4.78, 5) is 14.7. The first kappa shape index (κ1) is 15.8. The van der Waals surface area contributed by atoms with Crippen molar-refractivity contribution in [3.8, 4) is 0 Å². The van der Waals surface area contributed by atoms with E-state index in [1.807, 2.05) is 30.3 Å². The molecule has 1 aliphatic rings. The van der Waals surface area contributed by atoms with Crippen molar-refractivity contribution >= 4 is 5.91 Å². The number of hydrogen-bond donors (Lipinski definition) is 1. The standard InChI is InChI=1S/C20H24N2O/c23-20(18-9-5-2-6-10-18)21-19-12-15-22(16-13-19)14-11-17-7-3-1-4-8-17/h1-10,19H,11-16H2,(H,21,23). The Bertz CT molecular complexity index is 604. The molecule has 3 heteroatoms. The first-order valence-electron chi connectivity index (χ1n) is 8.43. The van der Waals surface area contributed by atoms with Crippen LogP contribution in [-0.2, 0) is 6.42 Å². The zero-order valence-electron chi connectivity index (χ0n) is 13.4. The second kappa shape index (κ2) is 7.93. The molecule has 0 radical (unpaired) electrons. The highest BCUT2D eigenvalue weighted by Crippen LogP contribution is 2.12. The van der Waals surface area contributed by atoms with Crippen LogP contribution in [0.25, 0.3) is 0 Å². The number of hydrogen-bond acceptors (Lipinski definition) is 2. The molecule has 0 bridgehead atoms. The third kappa shape index (κ3) is 4.67. The molecular weight excluding hydrogens is 284 g/mol. The van der Waals surface area contributed by atoms with E-state index in [1.165, 1.54) is 5.56 Å². The Morgan fingerprint density at radius 2 is 1.57 bits per heavy atom. The van der Waals surface area contributed by atoms with Crippen LogP contribution < -0.4 is 5.32 Å². The number of benzene rings is 2. The highest BCUT2D eigenvalue weighted by molar-refractivity contribution is 5.94. The van der Waals surface area contributed by atoms with Gasteiger partial charge in [-0.25, -0.2) is 0 Å². The Balaban J connectivity index is 1.41. The van der Waals surface area contributed by atoms with Crippen LogP contribution >= 0.6 is 0 Å². The van der Waals surface area contributed by atoms with Crippen LogP contribution in [0, 0.1) is 0 Å². The summed E-state index contributed by atoms with van der Waals surface area (Å²) in [7, 11) is 0. The molecule has 1 aliphatic heterocycles. The second-order valence-corrected chi connectivity index (χ2v) is 6.19. The van der Waals surface area contributed by atoms with Gasteiger partial charge >= 0.3 is 0 Å². The van der Waals surface area contributed by atoms with Gasteiger partial charge in [-0.1, -0.05) is 48.5 Å². The summed E-state index contributed by atoms with van der Waals surface area (Å²) in [6, 6.07) is 20.4.